The van der Waals surface area contributed by atoms with Crippen molar-refractivity contribution in [3.63, 3.8) is 0 Å². The maximum Gasteiger partial charge on any atom is 0.261 e. The van der Waals surface area contributed by atoms with Crippen LogP contribution in [0.3, 0.4) is 0 Å². The topological polar surface area (TPSA) is 45.7 Å². The van der Waals surface area contributed by atoms with Crippen molar-refractivity contribution >= 4 is 71.7 Å². The summed E-state index contributed by atoms with van der Waals surface area (Å²) in [6.07, 6.45) is 0. The average Bonchev–Trinajstić information content (AvgIpc) is 3.16. The van der Waals surface area contributed by atoms with Crippen LogP contribution in [0.25, 0.3) is 10.2 Å². The normalized spacial score (nSPS) is 15.0. The highest BCUT2D eigenvalue weighted by Gasteiger charge is 2.25. The Morgan fingerprint density at radius 3 is 2.76 bits per heavy atom. The molecular weight excluding hydrogens is 497 g/mol. The van der Waals surface area contributed by atoms with E-state index in [1.807, 2.05) is 18.2 Å². The highest BCUT2D eigenvalue weighted by atomic mass is 79.9. The lowest BCUT2D eigenvalue weighted by Gasteiger charge is -2.29. The van der Waals surface area contributed by atoms with E-state index >= 15 is 0 Å². The molecule has 1 saturated heterocycles. The van der Waals surface area contributed by atoms with Gasteiger partial charge < -0.3 is 4.74 Å². The number of hydrogen-bond acceptors (Lipinski definition) is 5. The second-order valence-corrected chi connectivity index (χ2v) is 9.36. The number of morpholine rings is 1. The molecule has 2 aromatic carbocycles. The van der Waals surface area contributed by atoms with E-state index < -0.39 is 0 Å². The molecular formula is C20H18BrCl2N3O2S. The number of nitrogens with zero attached hydrogens (tertiary/aromatic N) is 3. The number of anilines is 1. The molecule has 1 aliphatic rings. The van der Waals surface area contributed by atoms with Gasteiger partial charge in [-0.25, -0.2) is 4.98 Å². The van der Waals surface area contributed by atoms with Gasteiger partial charge >= 0.3 is 0 Å². The summed E-state index contributed by atoms with van der Waals surface area (Å²) in [6, 6.07) is 10.9. The molecule has 0 N–H and O–H groups in total. The van der Waals surface area contributed by atoms with Gasteiger partial charge in [-0.3, -0.25) is 14.6 Å². The first kappa shape index (κ1) is 21.0. The van der Waals surface area contributed by atoms with Crippen LogP contribution in [0.15, 0.2) is 40.9 Å². The number of benzene rings is 2. The number of halogens is 3. The Bertz CT molecular complexity index is 1040. The summed E-state index contributed by atoms with van der Waals surface area (Å²) < 4.78 is 7.16. The molecule has 2 heterocycles. The van der Waals surface area contributed by atoms with Gasteiger partial charge in [-0.2, -0.15) is 0 Å². The predicted octanol–water partition coefficient (Wildman–Crippen LogP) is 5.34. The zero-order valence-corrected chi connectivity index (χ0v) is 19.3. The first-order valence-electron chi connectivity index (χ1n) is 9.15. The van der Waals surface area contributed by atoms with Gasteiger partial charge in [-0.15, -0.1) is 0 Å². The van der Waals surface area contributed by atoms with Crippen molar-refractivity contribution in [1.29, 1.82) is 0 Å². The van der Waals surface area contributed by atoms with E-state index in [0.29, 0.717) is 46.0 Å². The molecule has 0 spiro atoms. The number of carbonyl (C=O) groups excluding carboxylic acids is 1. The molecule has 1 aliphatic heterocycles. The number of ether oxygens (including phenoxy) is 1. The minimum absolute atomic E-state index is 0.181. The number of amides is 1. The van der Waals surface area contributed by atoms with Crippen molar-refractivity contribution in [3.8, 4) is 0 Å². The van der Waals surface area contributed by atoms with E-state index in [-0.39, 0.29) is 5.91 Å². The molecule has 4 rings (SSSR count). The molecule has 0 atom stereocenters. The lowest BCUT2D eigenvalue weighted by molar-refractivity contribution is 0.0391. The van der Waals surface area contributed by atoms with Crippen LogP contribution in [0.1, 0.15) is 10.4 Å². The molecule has 0 unspecified atom stereocenters. The number of thiazole rings is 1. The number of fused-ring (bicyclic) bond motifs is 1. The van der Waals surface area contributed by atoms with Crippen LogP contribution in [0, 0.1) is 0 Å². The molecule has 0 bridgehead atoms. The lowest BCUT2D eigenvalue weighted by atomic mass is 10.2. The SMILES string of the molecule is O=C(c1cc(Br)ccc1Cl)N(CCN1CCOCC1)c1nc2c(Cl)cccc2s1. The third kappa shape index (κ3) is 4.76. The van der Waals surface area contributed by atoms with Gasteiger partial charge in [0.15, 0.2) is 5.13 Å². The zero-order valence-electron chi connectivity index (χ0n) is 15.4. The van der Waals surface area contributed by atoms with E-state index in [4.69, 9.17) is 27.9 Å². The van der Waals surface area contributed by atoms with Crippen LogP contribution in [0.4, 0.5) is 5.13 Å². The number of para-hydroxylation sites is 1. The number of hydrogen-bond donors (Lipinski definition) is 0. The maximum absolute atomic E-state index is 13.5. The number of aromatic nitrogens is 1. The van der Waals surface area contributed by atoms with Gasteiger partial charge in [0.25, 0.3) is 5.91 Å². The van der Waals surface area contributed by atoms with Gasteiger partial charge in [0.1, 0.15) is 5.52 Å². The predicted molar refractivity (Wildman–Crippen MR) is 123 cm³/mol. The van der Waals surface area contributed by atoms with Crippen LogP contribution in [0.5, 0.6) is 0 Å². The number of rotatable bonds is 5. The maximum atomic E-state index is 13.5. The van der Waals surface area contributed by atoms with Gasteiger partial charge in [-0.1, -0.05) is 56.5 Å². The fraction of sp³-hybridized carbons (Fsp3) is 0.300. The van der Waals surface area contributed by atoms with Gasteiger partial charge in [0.2, 0.25) is 0 Å². The van der Waals surface area contributed by atoms with Crippen LogP contribution >= 0.6 is 50.5 Å². The lowest BCUT2D eigenvalue weighted by Crippen LogP contribution is -2.43. The second kappa shape index (κ2) is 9.29. The van der Waals surface area contributed by atoms with Crippen molar-refractivity contribution in [1.82, 2.24) is 9.88 Å². The average molecular weight is 515 g/mol. The molecule has 3 aromatic rings. The fourth-order valence-electron chi connectivity index (χ4n) is 3.18. The molecule has 152 valence electrons. The first-order valence-corrected chi connectivity index (χ1v) is 11.5. The third-order valence-corrected chi connectivity index (χ3v) is 6.91. The Labute approximate surface area is 191 Å². The van der Waals surface area contributed by atoms with Crippen LogP contribution in [-0.2, 0) is 4.74 Å². The smallest absolute Gasteiger partial charge is 0.261 e. The first-order chi connectivity index (χ1) is 14.0. The summed E-state index contributed by atoms with van der Waals surface area (Å²) in [5.41, 5.74) is 1.15. The highest BCUT2D eigenvalue weighted by molar-refractivity contribution is 9.10. The second-order valence-electron chi connectivity index (χ2n) is 6.62. The molecule has 29 heavy (non-hydrogen) atoms. The monoisotopic (exact) mass is 513 g/mol. The Morgan fingerprint density at radius 2 is 2.00 bits per heavy atom. The van der Waals surface area contributed by atoms with Gasteiger partial charge in [-0.05, 0) is 30.3 Å². The summed E-state index contributed by atoms with van der Waals surface area (Å²) in [5, 5.41) is 1.60. The molecule has 9 heteroatoms. The van der Waals surface area contributed by atoms with Crippen molar-refractivity contribution < 1.29 is 9.53 Å². The summed E-state index contributed by atoms with van der Waals surface area (Å²) in [6.45, 7) is 4.35. The van der Waals surface area contributed by atoms with Crippen molar-refractivity contribution in [2.75, 3.05) is 44.3 Å². The van der Waals surface area contributed by atoms with Crippen molar-refractivity contribution in [3.05, 3.63) is 56.5 Å². The van der Waals surface area contributed by atoms with E-state index in [1.165, 1.54) is 11.3 Å². The largest absolute Gasteiger partial charge is 0.379 e. The summed E-state index contributed by atoms with van der Waals surface area (Å²) in [7, 11) is 0. The minimum atomic E-state index is -0.181. The molecule has 1 aromatic heterocycles. The van der Waals surface area contributed by atoms with Crippen LogP contribution in [-0.4, -0.2) is 55.2 Å². The Hall–Kier alpha value is -1.22. The van der Waals surface area contributed by atoms with Crippen molar-refractivity contribution in [2.45, 2.75) is 0 Å². The number of carbonyl (C=O) groups is 1. The van der Waals surface area contributed by atoms with Crippen LogP contribution < -0.4 is 4.90 Å². The minimum Gasteiger partial charge on any atom is -0.379 e. The van der Waals surface area contributed by atoms with E-state index in [0.717, 1.165) is 28.8 Å². The summed E-state index contributed by atoms with van der Waals surface area (Å²) >= 11 is 17.5. The van der Waals surface area contributed by atoms with Crippen LogP contribution in [0.2, 0.25) is 10.0 Å². The van der Waals surface area contributed by atoms with Gasteiger partial charge in [0.05, 0.1) is 33.5 Å². The molecule has 1 fully saturated rings. The highest BCUT2D eigenvalue weighted by Crippen LogP contribution is 2.34. The summed E-state index contributed by atoms with van der Waals surface area (Å²) in [5.74, 6) is -0.181. The molecule has 0 saturated carbocycles. The molecule has 5 nitrogen and oxygen atoms in total. The van der Waals surface area contributed by atoms with Gasteiger partial charge in [0, 0.05) is 30.7 Å². The van der Waals surface area contributed by atoms with E-state index in [2.05, 4.69) is 25.8 Å². The molecule has 0 radical (unpaired) electrons. The van der Waals surface area contributed by atoms with E-state index in [9.17, 15) is 4.79 Å². The van der Waals surface area contributed by atoms with E-state index in [1.54, 1.807) is 23.1 Å². The molecule has 0 aliphatic carbocycles. The van der Waals surface area contributed by atoms with Crippen molar-refractivity contribution in [2.24, 2.45) is 0 Å². The standard InChI is InChI=1S/C20H18BrCl2N3O2S/c21-13-4-5-15(22)14(12-13)19(27)26(7-6-25-8-10-28-11-9-25)20-24-18-16(23)2-1-3-17(18)29-20/h1-5,12H,6-11H2. The Balaban J connectivity index is 1.68. The summed E-state index contributed by atoms with van der Waals surface area (Å²) in [4.78, 5) is 22.1. The molecule has 1 amide bonds. The quantitative estimate of drug-likeness (QED) is 0.460. The zero-order chi connectivity index (χ0) is 20.4. The Kier molecular flexibility index (Phi) is 6.73. The Morgan fingerprint density at radius 1 is 1.21 bits per heavy atom. The fourth-order valence-corrected chi connectivity index (χ4v) is 5.02. The third-order valence-electron chi connectivity index (χ3n) is 4.74.